The van der Waals surface area contributed by atoms with Crippen LogP contribution in [0.1, 0.15) is 27.6 Å². The second-order valence-electron chi connectivity index (χ2n) is 6.38. The summed E-state index contributed by atoms with van der Waals surface area (Å²) in [7, 11) is 0. The van der Waals surface area contributed by atoms with E-state index in [2.05, 4.69) is 5.32 Å². The predicted octanol–water partition coefficient (Wildman–Crippen LogP) is 2.49. The Hall–Kier alpha value is -1.51. The molecule has 148 valence electrons. The van der Waals surface area contributed by atoms with Gasteiger partial charge in [-0.05, 0) is 30.7 Å². The molecule has 1 saturated heterocycles. The molecule has 1 aliphatic heterocycles. The third-order valence-corrected chi connectivity index (χ3v) is 5.24. The summed E-state index contributed by atoms with van der Waals surface area (Å²) in [6.07, 6.45) is 1.20. The summed E-state index contributed by atoms with van der Waals surface area (Å²) >= 11 is 1.87. The molecule has 8 heteroatoms. The van der Waals surface area contributed by atoms with Crippen LogP contribution in [0.15, 0.2) is 18.2 Å². The first-order valence-electron chi connectivity index (χ1n) is 9.04. The first-order chi connectivity index (χ1) is 12.5. The van der Waals surface area contributed by atoms with Gasteiger partial charge < -0.3 is 15.3 Å². The fourth-order valence-corrected chi connectivity index (χ4v) is 3.70. The average Bonchev–Trinajstić information content (AvgIpc) is 2.89. The van der Waals surface area contributed by atoms with Crippen molar-refractivity contribution < 1.29 is 20.9 Å². The summed E-state index contributed by atoms with van der Waals surface area (Å²) in [4.78, 5) is 13.4. The van der Waals surface area contributed by atoms with Gasteiger partial charge in [-0.15, -0.1) is 0 Å². The van der Waals surface area contributed by atoms with E-state index < -0.39 is 6.10 Å². The maximum absolute atomic E-state index is 14.5. The number of hydrogen-bond acceptors (Lipinski definition) is 6. The van der Waals surface area contributed by atoms with Crippen LogP contribution in [0.4, 0.5) is 15.8 Å². The van der Waals surface area contributed by atoms with Gasteiger partial charge in [-0.2, -0.15) is 11.8 Å². The molecular weight excluding hydrogens is 357 g/mol. The molecule has 1 aromatic carbocycles. The monoisotopic (exact) mass is 387 g/mol. The Balaban J connectivity index is 0.00000364. The molecule has 1 fully saturated rings. The summed E-state index contributed by atoms with van der Waals surface area (Å²) in [5, 5.41) is 23.5. The van der Waals surface area contributed by atoms with Crippen molar-refractivity contribution in [2.75, 3.05) is 47.6 Å². The van der Waals surface area contributed by atoms with Gasteiger partial charge in [-0.1, -0.05) is 6.92 Å². The van der Waals surface area contributed by atoms with E-state index in [9.17, 15) is 19.5 Å². The van der Waals surface area contributed by atoms with Crippen LogP contribution in [0.3, 0.4) is 0 Å². The van der Waals surface area contributed by atoms with Gasteiger partial charge in [-0.3, -0.25) is 15.1 Å². The molecule has 6 nitrogen and oxygen atoms in total. The second kappa shape index (κ2) is 10.6. The SMILES string of the molecule is CCCC(=O)NC[C@H](O)CN(O)c1ccc(N2CCCSCC2)c(F)c1.[HH]. The molecule has 0 bridgehead atoms. The minimum atomic E-state index is -0.953. The lowest BCUT2D eigenvalue weighted by atomic mass is 10.2. The third kappa shape index (κ3) is 6.34. The number of aliphatic hydroxyl groups excluding tert-OH is 1. The lowest BCUT2D eigenvalue weighted by molar-refractivity contribution is -0.121. The fourth-order valence-electron chi connectivity index (χ4n) is 2.82. The van der Waals surface area contributed by atoms with Gasteiger partial charge in [0.2, 0.25) is 5.91 Å². The first-order valence-corrected chi connectivity index (χ1v) is 10.2. The summed E-state index contributed by atoms with van der Waals surface area (Å²) in [5.74, 6) is 1.54. The number of carbonyl (C=O) groups is 1. The Morgan fingerprint density at radius 2 is 2.27 bits per heavy atom. The van der Waals surface area contributed by atoms with Crippen LogP contribution in [0.5, 0.6) is 0 Å². The van der Waals surface area contributed by atoms with E-state index in [4.69, 9.17) is 0 Å². The lowest BCUT2D eigenvalue weighted by Crippen LogP contribution is -2.39. The normalized spacial score (nSPS) is 16.1. The molecule has 0 spiro atoms. The predicted molar refractivity (Wildman–Crippen MR) is 106 cm³/mol. The van der Waals surface area contributed by atoms with Crippen molar-refractivity contribution >= 4 is 29.0 Å². The van der Waals surface area contributed by atoms with Gasteiger partial charge in [0.05, 0.1) is 24.0 Å². The number of nitrogens with one attached hydrogen (secondary N) is 1. The smallest absolute Gasteiger partial charge is 0.220 e. The average molecular weight is 388 g/mol. The van der Waals surface area contributed by atoms with Crippen molar-refractivity contribution in [1.82, 2.24) is 5.32 Å². The molecule has 3 N–H and O–H groups in total. The molecule has 1 aromatic rings. The molecule has 0 radical (unpaired) electrons. The Bertz CT molecular complexity index is 589. The van der Waals surface area contributed by atoms with Crippen LogP contribution in [0.2, 0.25) is 0 Å². The van der Waals surface area contributed by atoms with Crippen LogP contribution in [-0.2, 0) is 4.79 Å². The van der Waals surface area contributed by atoms with E-state index in [1.54, 1.807) is 12.1 Å². The minimum absolute atomic E-state index is 0. The van der Waals surface area contributed by atoms with Crippen molar-refractivity contribution in [2.45, 2.75) is 32.3 Å². The zero-order valence-electron chi connectivity index (χ0n) is 15.2. The zero-order chi connectivity index (χ0) is 18.9. The van der Waals surface area contributed by atoms with Crippen LogP contribution in [-0.4, -0.2) is 60.0 Å². The van der Waals surface area contributed by atoms with E-state index in [0.717, 1.165) is 42.5 Å². The highest BCUT2D eigenvalue weighted by Crippen LogP contribution is 2.26. The molecule has 0 aliphatic carbocycles. The standard InChI is InChI=1S/C18H28FN3O3S.H2/c1-2-4-18(24)20-12-15(23)13-22(25)14-5-6-17(16(19)11-14)21-7-3-9-26-10-8-21;/h5-6,11,15,23,25H,2-4,7-10,12-13H2,1H3,(H,20,24);1H/t15-;/m0./s1. The fraction of sp³-hybridized carbons (Fsp3) is 0.611. The third-order valence-electron chi connectivity index (χ3n) is 4.19. The largest absolute Gasteiger partial charge is 0.389 e. The minimum Gasteiger partial charge on any atom is -0.389 e. The van der Waals surface area contributed by atoms with E-state index >= 15 is 0 Å². The van der Waals surface area contributed by atoms with Crippen molar-refractivity contribution in [3.63, 3.8) is 0 Å². The summed E-state index contributed by atoms with van der Waals surface area (Å²) in [6.45, 7) is 3.45. The van der Waals surface area contributed by atoms with E-state index in [0.29, 0.717) is 12.1 Å². The van der Waals surface area contributed by atoms with Gasteiger partial charge in [0.1, 0.15) is 5.82 Å². The molecule has 1 aliphatic rings. The molecule has 0 saturated carbocycles. The molecule has 1 heterocycles. The summed E-state index contributed by atoms with van der Waals surface area (Å²) in [5.41, 5.74) is 0.811. The number of nitrogens with zero attached hydrogens (tertiary/aromatic N) is 2. The van der Waals surface area contributed by atoms with E-state index in [-0.39, 0.29) is 31.9 Å². The van der Waals surface area contributed by atoms with Crippen LogP contribution in [0.25, 0.3) is 0 Å². The summed E-state index contributed by atoms with van der Waals surface area (Å²) in [6, 6.07) is 4.58. The Kier molecular flexibility index (Phi) is 8.47. The number of hydroxylamine groups is 1. The second-order valence-corrected chi connectivity index (χ2v) is 7.60. The Morgan fingerprint density at radius 3 is 3.00 bits per heavy atom. The number of carbonyl (C=O) groups excluding carboxylic acids is 1. The molecule has 1 atom stereocenters. The highest BCUT2D eigenvalue weighted by atomic mass is 32.2. The quantitative estimate of drug-likeness (QED) is 0.595. The number of rotatable bonds is 8. The maximum Gasteiger partial charge on any atom is 0.220 e. The van der Waals surface area contributed by atoms with Crippen molar-refractivity contribution in [1.29, 1.82) is 0 Å². The highest BCUT2D eigenvalue weighted by molar-refractivity contribution is 7.99. The number of halogens is 1. The Morgan fingerprint density at radius 1 is 1.46 bits per heavy atom. The first kappa shape index (κ1) is 20.8. The molecule has 0 unspecified atom stereocenters. The topological polar surface area (TPSA) is 76.0 Å². The van der Waals surface area contributed by atoms with E-state index in [1.807, 2.05) is 23.6 Å². The summed E-state index contributed by atoms with van der Waals surface area (Å²) < 4.78 is 14.5. The van der Waals surface area contributed by atoms with Crippen molar-refractivity contribution in [2.24, 2.45) is 0 Å². The van der Waals surface area contributed by atoms with Crippen LogP contribution < -0.4 is 15.3 Å². The molecule has 2 rings (SSSR count). The number of hydrogen-bond donors (Lipinski definition) is 3. The van der Waals surface area contributed by atoms with Gasteiger partial charge >= 0.3 is 0 Å². The molecule has 0 aromatic heterocycles. The maximum atomic E-state index is 14.5. The number of anilines is 2. The lowest BCUT2D eigenvalue weighted by Gasteiger charge is -2.25. The van der Waals surface area contributed by atoms with Crippen LogP contribution >= 0.6 is 11.8 Å². The van der Waals surface area contributed by atoms with Gasteiger partial charge in [0.25, 0.3) is 0 Å². The van der Waals surface area contributed by atoms with Crippen molar-refractivity contribution in [3.05, 3.63) is 24.0 Å². The highest BCUT2D eigenvalue weighted by Gasteiger charge is 2.17. The zero-order valence-corrected chi connectivity index (χ0v) is 16.0. The number of benzene rings is 1. The molecular formula is C18H30FN3O3S. The van der Waals surface area contributed by atoms with Crippen LogP contribution in [0, 0.1) is 5.82 Å². The molecule has 1 amide bonds. The number of thioether (sulfide) groups is 1. The van der Waals surface area contributed by atoms with Gasteiger partial charge in [0, 0.05) is 39.3 Å². The van der Waals surface area contributed by atoms with E-state index in [1.165, 1.54) is 6.07 Å². The molecule has 26 heavy (non-hydrogen) atoms. The number of amides is 1. The number of aliphatic hydroxyl groups is 1. The van der Waals surface area contributed by atoms with Gasteiger partial charge in [0.15, 0.2) is 0 Å². The van der Waals surface area contributed by atoms with Crippen molar-refractivity contribution in [3.8, 4) is 0 Å². The van der Waals surface area contributed by atoms with Gasteiger partial charge in [-0.25, -0.2) is 4.39 Å². The Labute approximate surface area is 159 Å².